The number of hydrazine groups is 1. The van der Waals surface area contributed by atoms with E-state index < -0.39 is 5.97 Å². The van der Waals surface area contributed by atoms with Crippen LogP contribution in [0, 0.1) is 17.8 Å². The van der Waals surface area contributed by atoms with Gasteiger partial charge in [-0.3, -0.25) is 10.6 Å². The van der Waals surface area contributed by atoms with Crippen LogP contribution in [0.5, 0.6) is 0 Å². The molecular formula is C40H54N2O3S. The summed E-state index contributed by atoms with van der Waals surface area (Å²) in [5, 5.41) is 22.5. The fourth-order valence-corrected chi connectivity index (χ4v) is 8.67. The molecule has 3 aliphatic carbocycles. The third-order valence-corrected chi connectivity index (χ3v) is 12.3. The van der Waals surface area contributed by atoms with Crippen LogP contribution >= 0.6 is 11.8 Å². The van der Waals surface area contributed by atoms with E-state index >= 15 is 0 Å². The molecule has 3 aliphatic rings. The van der Waals surface area contributed by atoms with E-state index in [0.29, 0.717) is 10.9 Å². The van der Waals surface area contributed by atoms with E-state index in [1.54, 1.807) is 30.0 Å². The van der Waals surface area contributed by atoms with Crippen LogP contribution in [0.15, 0.2) is 65.2 Å². The van der Waals surface area contributed by atoms with Gasteiger partial charge in [-0.25, -0.2) is 4.79 Å². The van der Waals surface area contributed by atoms with Gasteiger partial charge in [-0.05, 0) is 129 Å². The normalized spacial score (nSPS) is 22.8. The molecule has 3 N–H and O–H groups in total. The molecule has 5 nitrogen and oxygen atoms in total. The highest BCUT2D eigenvalue weighted by atomic mass is 32.2. The van der Waals surface area contributed by atoms with E-state index in [1.165, 1.54) is 74.5 Å². The highest BCUT2D eigenvalue weighted by Crippen LogP contribution is 2.44. The number of carbonyl (C=O) groups is 1. The van der Waals surface area contributed by atoms with Gasteiger partial charge in [-0.2, -0.15) is 5.17 Å². The number of thioether (sulfide) groups is 1. The van der Waals surface area contributed by atoms with E-state index in [-0.39, 0.29) is 5.56 Å². The zero-order chi connectivity index (χ0) is 32.6. The molecule has 0 aliphatic heterocycles. The van der Waals surface area contributed by atoms with Crippen LogP contribution in [0.4, 0.5) is 5.69 Å². The molecule has 0 heterocycles. The monoisotopic (exact) mass is 642 g/mol. The minimum Gasteiger partial charge on any atom is -0.478 e. The summed E-state index contributed by atoms with van der Waals surface area (Å²) in [5.41, 5.74) is 10.4. The van der Waals surface area contributed by atoms with Crippen LogP contribution < -0.4 is 5.43 Å². The standard InChI is InChI=1S/C40H54N2O3S/c1-5-9-28-12-14-29(15-13-28)30-16-18-31(19-17-30)32-20-22-34(23-21-32)39(27(4)6-2)46-38(7-3)42(45)41-37-25-24-35(40(43)44)26-36(37)33-10-8-11-33/h7,18,20-26,28-30,33,41,45H,5-6,8-17,19H2,1-4H3,(H,43,44)/b38-7-,39-27?. The van der Waals surface area contributed by atoms with Gasteiger partial charge in [-0.1, -0.05) is 99.7 Å². The molecule has 2 aromatic carbocycles. The van der Waals surface area contributed by atoms with Gasteiger partial charge in [0.15, 0.2) is 0 Å². The van der Waals surface area contributed by atoms with Crippen molar-refractivity contribution in [2.24, 2.45) is 17.8 Å². The molecule has 1 atom stereocenters. The molecule has 0 aromatic heterocycles. The second-order valence-corrected chi connectivity index (χ2v) is 14.8. The SMILES string of the molecule is C/C=C(\SC(=C(C)CC)c1ccc(C2=CCC(C3CCC(CCC)CC3)CC2)cc1)N(O)Nc1ccc(C(=O)O)cc1C1CCC1. The molecule has 2 fully saturated rings. The Kier molecular flexibility index (Phi) is 12.1. The number of carboxylic acid groups (broad SMARTS) is 1. The minimum absolute atomic E-state index is 0.276. The maximum absolute atomic E-state index is 11.6. The van der Waals surface area contributed by atoms with Crippen molar-refractivity contribution in [3.8, 4) is 0 Å². The zero-order valence-electron chi connectivity index (χ0n) is 28.4. The summed E-state index contributed by atoms with van der Waals surface area (Å²) in [4.78, 5) is 12.8. The average Bonchev–Trinajstić information content (AvgIpc) is 3.05. The summed E-state index contributed by atoms with van der Waals surface area (Å²) in [6.45, 7) is 8.59. The Bertz CT molecular complexity index is 1430. The summed E-state index contributed by atoms with van der Waals surface area (Å²) in [6.07, 6.45) is 20.8. The first kappa shape index (κ1) is 34.4. The Morgan fingerprint density at radius 3 is 2.26 bits per heavy atom. The largest absolute Gasteiger partial charge is 0.478 e. The predicted molar refractivity (Wildman–Crippen MR) is 194 cm³/mol. The third-order valence-electron chi connectivity index (χ3n) is 10.9. The first-order valence-corrected chi connectivity index (χ1v) is 18.6. The lowest BCUT2D eigenvalue weighted by Gasteiger charge is -2.35. The van der Waals surface area contributed by atoms with Crippen LogP contribution in [-0.4, -0.2) is 21.5 Å². The first-order chi connectivity index (χ1) is 22.3. The fourth-order valence-electron chi connectivity index (χ4n) is 7.64. The Balaban J connectivity index is 1.25. The number of anilines is 1. The molecular weight excluding hydrogens is 589 g/mol. The van der Waals surface area contributed by atoms with E-state index in [2.05, 4.69) is 56.5 Å². The molecule has 2 saturated carbocycles. The summed E-state index contributed by atoms with van der Waals surface area (Å²) >= 11 is 1.55. The number of hydrogen-bond donors (Lipinski definition) is 3. The van der Waals surface area contributed by atoms with Gasteiger partial charge in [0.05, 0.1) is 11.3 Å². The van der Waals surface area contributed by atoms with Crippen molar-refractivity contribution >= 4 is 33.9 Å². The first-order valence-electron chi connectivity index (χ1n) is 17.8. The molecule has 1 unspecified atom stereocenters. The lowest BCUT2D eigenvalue weighted by Crippen LogP contribution is -2.26. The number of rotatable bonds is 13. The number of nitrogens with zero attached hydrogens (tertiary/aromatic N) is 1. The summed E-state index contributed by atoms with van der Waals surface area (Å²) in [5.74, 6) is 2.13. The minimum atomic E-state index is -0.933. The lowest BCUT2D eigenvalue weighted by molar-refractivity contribution is -0.0191. The predicted octanol–water partition coefficient (Wildman–Crippen LogP) is 11.9. The van der Waals surface area contributed by atoms with Gasteiger partial charge in [0.2, 0.25) is 0 Å². The van der Waals surface area contributed by atoms with Crippen molar-refractivity contribution in [2.45, 2.75) is 117 Å². The van der Waals surface area contributed by atoms with E-state index in [9.17, 15) is 15.1 Å². The van der Waals surface area contributed by atoms with Crippen LogP contribution in [-0.2, 0) is 0 Å². The maximum atomic E-state index is 11.6. The third kappa shape index (κ3) is 8.30. The highest BCUT2D eigenvalue weighted by molar-refractivity contribution is 8.11. The Morgan fingerprint density at radius 2 is 1.70 bits per heavy atom. The van der Waals surface area contributed by atoms with Crippen LogP contribution in [0.1, 0.15) is 144 Å². The zero-order valence-corrected chi connectivity index (χ0v) is 29.2. The van der Waals surface area contributed by atoms with Crippen molar-refractivity contribution < 1.29 is 15.1 Å². The van der Waals surface area contributed by atoms with E-state index in [1.807, 2.05) is 13.0 Å². The van der Waals surface area contributed by atoms with Gasteiger partial charge in [-0.15, -0.1) is 0 Å². The Hall–Kier alpha value is -2.96. The number of aromatic carboxylic acids is 1. The maximum Gasteiger partial charge on any atom is 0.335 e. The van der Waals surface area contributed by atoms with E-state index in [0.717, 1.165) is 70.3 Å². The molecule has 6 heteroatoms. The van der Waals surface area contributed by atoms with Crippen molar-refractivity contribution in [1.29, 1.82) is 0 Å². The molecule has 5 rings (SSSR count). The van der Waals surface area contributed by atoms with E-state index in [4.69, 9.17) is 0 Å². The highest BCUT2D eigenvalue weighted by Gasteiger charge is 2.29. The van der Waals surface area contributed by atoms with Crippen LogP contribution in [0.3, 0.4) is 0 Å². The number of hydroxylamine groups is 1. The second-order valence-electron chi connectivity index (χ2n) is 13.8. The molecule has 2 aromatic rings. The van der Waals surface area contributed by atoms with Gasteiger partial charge < -0.3 is 5.11 Å². The van der Waals surface area contributed by atoms with Crippen molar-refractivity contribution in [3.05, 3.63) is 87.5 Å². The van der Waals surface area contributed by atoms with Gasteiger partial charge in [0.1, 0.15) is 5.03 Å². The van der Waals surface area contributed by atoms with Crippen molar-refractivity contribution in [1.82, 2.24) is 5.17 Å². The summed E-state index contributed by atoms with van der Waals surface area (Å²) < 4.78 is 0. The fraction of sp³-hybridized carbons (Fsp3) is 0.525. The summed E-state index contributed by atoms with van der Waals surface area (Å²) in [6, 6.07) is 14.1. The molecule has 0 amide bonds. The number of allylic oxidation sites excluding steroid dienone is 4. The average molecular weight is 643 g/mol. The van der Waals surface area contributed by atoms with Gasteiger partial charge in [0.25, 0.3) is 0 Å². The number of carboxylic acids is 1. The van der Waals surface area contributed by atoms with Crippen LogP contribution in [0.2, 0.25) is 0 Å². The van der Waals surface area contributed by atoms with Crippen LogP contribution in [0.25, 0.3) is 10.5 Å². The number of benzene rings is 2. The Morgan fingerprint density at radius 1 is 0.978 bits per heavy atom. The molecule has 0 radical (unpaired) electrons. The van der Waals surface area contributed by atoms with Gasteiger partial charge >= 0.3 is 5.97 Å². The van der Waals surface area contributed by atoms with Crippen molar-refractivity contribution in [3.63, 3.8) is 0 Å². The summed E-state index contributed by atoms with van der Waals surface area (Å²) in [7, 11) is 0. The quantitative estimate of drug-likeness (QED) is 0.189. The van der Waals surface area contributed by atoms with Gasteiger partial charge in [0, 0.05) is 4.91 Å². The van der Waals surface area contributed by atoms with Crippen molar-refractivity contribution in [2.75, 3.05) is 5.43 Å². The lowest BCUT2D eigenvalue weighted by atomic mass is 9.70. The smallest absolute Gasteiger partial charge is 0.335 e. The molecule has 248 valence electrons. The molecule has 0 bridgehead atoms. The second kappa shape index (κ2) is 16.2. The molecule has 0 spiro atoms. The molecule has 0 saturated heterocycles. The Labute approximate surface area is 281 Å². The molecule has 46 heavy (non-hydrogen) atoms. The topological polar surface area (TPSA) is 72.8 Å². The number of hydrogen-bond acceptors (Lipinski definition) is 5. The number of nitrogens with one attached hydrogen (secondary N) is 1.